The number of nitrogens with two attached hydrogens (primary N) is 2. The van der Waals surface area contributed by atoms with Gasteiger partial charge in [0.25, 0.3) is 0 Å². The van der Waals surface area contributed by atoms with Crippen molar-refractivity contribution >= 4 is 0 Å². The van der Waals surface area contributed by atoms with Crippen molar-refractivity contribution in [1.82, 2.24) is 0 Å². The Morgan fingerprint density at radius 3 is 2.73 bits per heavy atom. The van der Waals surface area contributed by atoms with Gasteiger partial charge in [0.05, 0.1) is 0 Å². The number of unbranched alkanes of at least 4 members (excludes halogenated alkanes) is 1. The van der Waals surface area contributed by atoms with E-state index in [0.29, 0.717) is 12.3 Å². The number of allylic oxidation sites excluding steroid dienone is 1. The Balaban J connectivity index is 3.37. The zero-order valence-electron chi connectivity index (χ0n) is 7.34. The minimum atomic E-state index is -0.341. The molecule has 0 rings (SSSR count). The van der Waals surface area contributed by atoms with Crippen LogP contribution in [0.1, 0.15) is 26.7 Å². The summed E-state index contributed by atoms with van der Waals surface area (Å²) in [5.74, 6) is 0. The molecular formula is C8H18N2O. The molecule has 1 unspecified atom stereocenters. The molecule has 0 saturated heterocycles. The number of rotatable bonds is 5. The van der Waals surface area contributed by atoms with Gasteiger partial charge in [-0.1, -0.05) is 13.3 Å². The molecular weight excluding hydrogens is 140 g/mol. The maximum atomic E-state index is 5.54. The second-order valence-corrected chi connectivity index (χ2v) is 2.60. The van der Waals surface area contributed by atoms with Crippen molar-refractivity contribution in [2.45, 2.75) is 32.9 Å². The van der Waals surface area contributed by atoms with Gasteiger partial charge in [-0.05, 0) is 19.4 Å². The summed E-state index contributed by atoms with van der Waals surface area (Å²) in [6.45, 7) is 4.61. The molecule has 0 saturated carbocycles. The molecule has 0 heterocycles. The number of hydrogen-bond acceptors (Lipinski definition) is 3. The van der Waals surface area contributed by atoms with Crippen molar-refractivity contribution in [3.05, 3.63) is 11.8 Å². The number of hydrogen-bond donors (Lipinski definition) is 2. The SMILES string of the molecule is CCCCOC(N)/C=C(/C)N. The van der Waals surface area contributed by atoms with Crippen LogP contribution in [0.4, 0.5) is 0 Å². The molecule has 3 nitrogen and oxygen atoms in total. The fraction of sp³-hybridized carbons (Fsp3) is 0.750. The summed E-state index contributed by atoms with van der Waals surface area (Å²) in [6.07, 6.45) is 3.53. The largest absolute Gasteiger partial charge is 0.402 e. The second kappa shape index (κ2) is 6.19. The normalized spacial score (nSPS) is 15.0. The molecule has 0 spiro atoms. The molecule has 3 heteroatoms. The zero-order valence-corrected chi connectivity index (χ0v) is 7.34. The summed E-state index contributed by atoms with van der Waals surface area (Å²) in [5.41, 5.74) is 11.6. The molecule has 1 atom stereocenters. The highest BCUT2D eigenvalue weighted by Crippen LogP contribution is 1.93. The predicted molar refractivity (Wildman–Crippen MR) is 46.8 cm³/mol. The van der Waals surface area contributed by atoms with Gasteiger partial charge in [0, 0.05) is 12.3 Å². The van der Waals surface area contributed by atoms with Gasteiger partial charge >= 0.3 is 0 Å². The van der Waals surface area contributed by atoms with E-state index in [-0.39, 0.29) is 6.23 Å². The van der Waals surface area contributed by atoms with Gasteiger partial charge in [-0.3, -0.25) is 0 Å². The third kappa shape index (κ3) is 7.36. The fourth-order valence-electron chi connectivity index (χ4n) is 0.671. The average molecular weight is 158 g/mol. The first kappa shape index (κ1) is 10.5. The Bertz CT molecular complexity index is 119. The Morgan fingerprint density at radius 2 is 2.27 bits per heavy atom. The maximum Gasteiger partial charge on any atom is 0.126 e. The van der Waals surface area contributed by atoms with Crippen molar-refractivity contribution in [3.8, 4) is 0 Å². The monoisotopic (exact) mass is 158 g/mol. The van der Waals surface area contributed by atoms with Gasteiger partial charge < -0.3 is 16.2 Å². The molecule has 0 aliphatic carbocycles. The highest BCUT2D eigenvalue weighted by molar-refractivity contribution is 4.94. The van der Waals surface area contributed by atoms with Crippen LogP contribution in [0.15, 0.2) is 11.8 Å². The van der Waals surface area contributed by atoms with Gasteiger partial charge in [-0.2, -0.15) is 0 Å². The van der Waals surface area contributed by atoms with Crippen LogP contribution in [0.25, 0.3) is 0 Å². The van der Waals surface area contributed by atoms with Crippen molar-refractivity contribution in [3.63, 3.8) is 0 Å². The van der Waals surface area contributed by atoms with E-state index in [0.717, 1.165) is 12.8 Å². The van der Waals surface area contributed by atoms with E-state index in [1.54, 1.807) is 13.0 Å². The molecule has 0 aliphatic rings. The first-order valence-corrected chi connectivity index (χ1v) is 3.98. The lowest BCUT2D eigenvalue weighted by atomic mass is 10.3. The Labute approximate surface area is 68.4 Å². The molecule has 0 bridgehead atoms. The molecule has 0 aromatic heterocycles. The molecule has 4 N–H and O–H groups in total. The molecule has 11 heavy (non-hydrogen) atoms. The van der Waals surface area contributed by atoms with E-state index in [1.165, 1.54) is 0 Å². The topological polar surface area (TPSA) is 61.3 Å². The Kier molecular flexibility index (Phi) is 5.88. The lowest BCUT2D eigenvalue weighted by Crippen LogP contribution is -2.22. The number of ether oxygens (including phenoxy) is 1. The first-order chi connectivity index (χ1) is 5.16. The minimum Gasteiger partial charge on any atom is -0.402 e. The predicted octanol–water partition coefficient (Wildman–Crippen LogP) is 0.950. The van der Waals surface area contributed by atoms with Crippen LogP contribution in [0, 0.1) is 0 Å². The molecule has 66 valence electrons. The van der Waals surface area contributed by atoms with Crippen LogP contribution in [0.2, 0.25) is 0 Å². The first-order valence-electron chi connectivity index (χ1n) is 3.98. The van der Waals surface area contributed by atoms with Crippen molar-refractivity contribution < 1.29 is 4.74 Å². The zero-order chi connectivity index (χ0) is 8.69. The highest BCUT2D eigenvalue weighted by atomic mass is 16.5. The summed E-state index contributed by atoms with van der Waals surface area (Å²) in [7, 11) is 0. The van der Waals surface area contributed by atoms with Gasteiger partial charge in [0.2, 0.25) is 0 Å². The van der Waals surface area contributed by atoms with Crippen LogP contribution < -0.4 is 11.5 Å². The lowest BCUT2D eigenvalue weighted by molar-refractivity contribution is 0.0868. The van der Waals surface area contributed by atoms with Crippen molar-refractivity contribution in [2.24, 2.45) is 11.5 Å². The summed E-state index contributed by atoms with van der Waals surface area (Å²) in [4.78, 5) is 0. The smallest absolute Gasteiger partial charge is 0.126 e. The van der Waals surface area contributed by atoms with E-state index < -0.39 is 0 Å². The second-order valence-electron chi connectivity index (χ2n) is 2.60. The Morgan fingerprint density at radius 1 is 1.64 bits per heavy atom. The van der Waals surface area contributed by atoms with Crippen molar-refractivity contribution in [1.29, 1.82) is 0 Å². The molecule has 0 aromatic carbocycles. The van der Waals surface area contributed by atoms with Crippen LogP contribution in [-0.4, -0.2) is 12.8 Å². The van der Waals surface area contributed by atoms with Crippen LogP contribution in [0.3, 0.4) is 0 Å². The van der Waals surface area contributed by atoms with E-state index >= 15 is 0 Å². The van der Waals surface area contributed by atoms with E-state index in [4.69, 9.17) is 16.2 Å². The third-order valence-corrected chi connectivity index (χ3v) is 1.24. The maximum absolute atomic E-state index is 5.54. The van der Waals surface area contributed by atoms with E-state index in [1.807, 2.05) is 0 Å². The molecule has 0 aliphatic heterocycles. The standard InChI is InChI=1S/C8H18N2O/c1-3-4-5-11-8(10)6-7(2)9/h6,8H,3-5,9-10H2,1-2H3/b7-6-. The summed E-state index contributed by atoms with van der Waals surface area (Å²) in [5, 5.41) is 0. The van der Waals surface area contributed by atoms with Crippen LogP contribution in [-0.2, 0) is 4.74 Å². The fourth-order valence-corrected chi connectivity index (χ4v) is 0.671. The van der Waals surface area contributed by atoms with Gasteiger partial charge in [0.1, 0.15) is 6.23 Å². The average Bonchev–Trinajstić information content (AvgIpc) is 1.86. The minimum absolute atomic E-state index is 0.341. The van der Waals surface area contributed by atoms with E-state index in [2.05, 4.69) is 6.92 Å². The van der Waals surface area contributed by atoms with E-state index in [9.17, 15) is 0 Å². The van der Waals surface area contributed by atoms with Crippen molar-refractivity contribution in [2.75, 3.05) is 6.61 Å². The summed E-state index contributed by atoms with van der Waals surface area (Å²) >= 11 is 0. The Hall–Kier alpha value is -0.540. The molecule has 0 fully saturated rings. The summed E-state index contributed by atoms with van der Waals surface area (Å²) < 4.78 is 5.21. The summed E-state index contributed by atoms with van der Waals surface area (Å²) in [6, 6.07) is 0. The van der Waals surface area contributed by atoms with Gasteiger partial charge in [0.15, 0.2) is 0 Å². The van der Waals surface area contributed by atoms with Crippen LogP contribution >= 0.6 is 0 Å². The van der Waals surface area contributed by atoms with Gasteiger partial charge in [-0.15, -0.1) is 0 Å². The molecule has 0 radical (unpaired) electrons. The highest BCUT2D eigenvalue weighted by Gasteiger charge is 1.95. The quantitative estimate of drug-likeness (QED) is 0.462. The molecule has 0 amide bonds. The third-order valence-electron chi connectivity index (χ3n) is 1.24. The molecule has 0 aromatic rings. The van der Waals surface area contributed by atoms with Gasteiger partial charge in [-0.25, -0.2) is 0 Å². The van der Waals surface area contributed by atoms with Crippen LogP contribution in [0.5, 0.6) is 0 Å². The lowest BCUT2D eigenvalue weighted by Gasteiger charge is -2.08.